The van der Waals surface area contributed by atoms with Gasteiger partial charge in [-0.2, -0.15) is 0 Å². The molecule has 1 aliphatic heterocycles. The number of anilines is 1. The molecular weight excluding hydrogens is 1020 g/mol. The second-order valence-electron chi connectivity index (χ2n) is 21.9. The zero-order chi connectivity index (χ0) is 58.9. The molecule has 23 nitrogen and oxygen atoms in total. The Bertz CT molecular complexity index is 2300. The molecule has 0 aromatic heterocycles. The predicted octanol–water partition coefficient (Wildman–Crippen LogP) is 3.48. The predicted molar refractivity (Wildman–Crippen MR) is 292 cm³/mol. The molecule has 1 saturated heterocycles. The number of hydrogen-bond donors (Lipinski definition) is 7. The first-order chi connectivity index (χ1) is 35.7. The van der Waals surface area contributed by atoms with E-state index >= 15 is 0 Å². The number of ether oxygens (including phenoxy) is 3. The number of rotatable bonds is 29. The topological polar surface area (TPSA) is 306 Å². The van der Waals surface area contributed by atoms with Crippen molar-refractivity contribution in [1.29, 1.82) is 0 Å². The van der Waals surface area contributed by atoms with E-state index in [0.29, 0.717) is 25.8 Å². The van der Waals surface area contributed by atoms with E-state index in [1.54, 1.807) is 37.6 Å². The molecule has 1 heterocycles. The molecular formula is C53H90N10O13S. The number of benzene rings is 1. The first-order valence-corrected chi connectivity index (χ1v) is 27.8. The van der Waals surface area contributed by atoms with Crippen molar-refractivity contribution in [3.8, 4) is 0 Å². The van der Waals surface area contributed by atoms with Gasteiger partial charge in [0.2, 0.25) is 35.4 Å². The Morgan fingerprint density at radius 2 is 1.47 bits per heavy atom. The van der Waals surface area contributed by atoms with Crippen molar-refractivity contribution in [3.63, 3.8) is 0 Å². The Kier molecular flexibility index (Phi) is 26.5. The van der Waals surface area contributed by atoms with Gasteiger partial charge < -0.3 is 56.3 Å². The highest BCUT2D eigenvalue weighted by Gasteiger charge is 2.44. The summed E-state index contributed by atoms with van der Waals surface area (Å²) in [5.74, 6) is -4.74. The second kappa shape index (κ2) is 30.3. The van der Waals surface area contributed by atoms with Crippen molar-refractivity contribution in [2.75, 3.05) is 53.8 Å². The summed E-state index contributed by atoms with van der Waals surface area (Å²) in [5, 5.41) is 13.1. The molecule has 0 unspecified atom stereocenters. The zero-order valence-electron chi connectivity index (χ0n) is 48.2. The van der Waals surface area contributed by atoms with E-state index in [1.165, 1.54) is 52.3 Å². The maximum absolute atomic E-state index is 14.4. The normalized spacial score (nSPS) is 17.4. The van der Waals surface area contributed by atoms with Crippen LogP contribution >= 0.6 is 0 Å². The highest BCUT2D eigenvalue weighted by molar-refractivity contribution is 7.90. The molecule has 8 N–H and O–H groups in total. The number of nitrogens with zero attached hydrogens (tertiary/aromatic N) is 3. The van der Waals surface area contributed by atoms with Gasteiger partial charge in [-0.1, -0.05) is 61.5 Å². The van der Waals surface area contributed by atoms with Crippen LogP contribution in [0.5, 0.6) is 0 Å². The van der Waals surface area contributed by atoms with Crippen LogP contribution in [0.1, 0.15) is 115 Å². The first-order valence-electron chi connectivity index (χ1n) is 26.3. The molecule has 0 radical (unpaired) electrons. The molecule has 24 heteroatoms. The largest absolute Gasteiger partial charge is 0.444 e. The summed E-state index contributed by atoms with van der Waals surface area (Å²) in [4.78, 5) is 112. The molecule has 77 heavy (non-hydrogen) atoms. The molecule has 9 amide bonds. The number of hydrogen-bond acceptors (Lipinski definition) is 14. The number of alkyl carbamates (subject to hydrolysis) is 1. The minimum atomic E-state index is -4.50. The van der Waals surface area contributed by atoms with Crippen LogP contribution in [-0.4, -0.2) is 173 Å². The molecule has 2 rings (SSSR count). The Morgan fingerprint density at radius 1 is 0.857 bits per heavy atom. The van der Waals surface area contributed by atoms with Gasteiger partial charge in [0.15, 0.2) is 0 Å². The van der Waals surface area contributed by atoms with Gasteiger partial charge in [-0.05, 0) is 115 Å². The van der Waals surface area contributed by atoms with Crippen molar-refractivity contribution in [2.45, 2.75) is 174 Å². The van der Waals surface area contributed by atoms with Gasteiger partial charge in [-0.15, -0.1) is 0 Å². The molecule has 0 spiro atoms. The number of nitrogens with one attached hydrogen (secondary N) is 6. The maximum atomic E-state index is 14.4. The van der Waals surface area contributed by atoms with Crippen LogP contribution in [0, 0.1) is 23.7 Å². The molecule has 1 fully saturated rings. The fourth-order valence-corrected chi connectivity index (χ4v) is 10.6. The van der Waals surface area contributed by atoms with E-state index in [2.05, 4.69) is 37.9 Å². The number of nitrogens with two attached hydrogens (primary N) is 1. The third kappa shape index (κ3) is 20.2. The van der Waals surface area contributed by atoms with E-state index in [9.17, 15) is 46.8 Å². The number of carbonyl (C=O) groups is 8. The van der Waals surface area contributed by atoms with Crippen molar-refractivity contribution < 1.29 is 61.0 Å². The summed E-state index contributed by atoms with van der Waals surface area (Å²) in [5.41, 5.74) is 4.68. The van der Waals surface area contributed by atoms with Crippen LogP contribution in [0.3, 0.4) is 0 Å². The summed E-state index contributed by atoms with van der Waals surface area (Å²) in [6.45, 7) is 23.7. The molecule has 0 aliphatic carbocycles. The lowest BCUT2D eigenvalue weighted by molar-refractivity contribution is -0.148. The van der Waals surface area contributed by atoms with Crippen molar-refractivity contribution in [1.82, 2.24) is 40.7 Å². The number of primary amides is 1. The quantitative estimate of drug-likeness (QED) is 0.0447. The van der Waals surface area contributed by atoms with E-state index in [4.69, 9.17) is 19.9 Å². The first kappa shape index (κ1) is 67.3. The van der Waals surface area contributed by atoms with Crippen LogP contribution in [0.2, 0.25) is 0 Å². The van der Waals surface area contributed by atoms with Gasteiger partial charge in [0.25, 0.3) is 10.0 Å². The molecule has 436 valence electrons. The summed E-state index contributed by atoms with van der Waals surface area (Å²) >= 11 is 0. The Hall–Kier alpha value is -5.85. The lowest BCUT2D eigenvalue weighted by atomic mass is 9.89. The number of sulfonamides is 1. The van der Waals surface area contributed by atoms with Gasteiger partial charge in [-0.3, -0.25) is 33.7 Å². The fourth-order valence-electron chi connectivity index (χ4n) is 9.52. The van der Waals surface area contributed by atoms with E-state index in [-0.39, 0.29) is 77.4 Å². The highest BCUT2D eigenvalue weighted by atomic mass is 32.2. The van der Waals surface area contributed by atoms with Crippen molar-refractivity contribution in [3.05, 3.63) is 36.4 Å². The minimum Gasteiger partial charge on any atom is -0.444 e. The molecule has 0 bridgehead atoms. The third-order valence-corrected chi connectivity index (χ3v) is 15.0. The lowest BCUT2D eigenvalue weighted by Crippen LogP contribution is -2.59. The van der Waals surface area contributed by atoms with Crippen LogP contribution < -0.4 is 37.0 Å². The fraction of sp³-hybridized carbons (Fsp3) is 0.698. The molecule has 1 aliphatic rings. The highest BCUT2D eigenvalue weighted by Crippen LogP contribution is 2.30. The molecule has 1 aromatic rings. The molecule has 10 atom stereocenters. The Balaban J connectivity index is 2.28. The number of urea groups is 1. The van der Waals surface area contributed by atoms with Gasteiger partial charge in [-0.25, -0.2) is 22.7 Å². The minimum absolute atomic E-state index is 0.00408. The number of amides is 9. The average Bonchev–Trinajstić information content (AvgIpc) is 3.81. The number of methoxy groups -OCH3 is 2. The SMILES string of the molecule is C=C(C)[C@H](NC(=O)OC(C)(C)C)C(=O)N[C@@H](CCCNC(N)=O)C(=O)Nc1ccc(S(=O)(=O)NC(=O)[C@H](C)[C@@H](OC)[C@@H]2CCCN2C(=O)C[C@@H](OC)[C@H]([C@@H](C)CC)N(C)C(=O)[C@@H](NC(=O)[C@H](C(C)C)N(C)C)C(C)C)cc1. The smallest absolute Gasteiger partial charge is 0.408 e. The van der Waals surface area contributed by atoms with Crippen LogP contribution in [0.25, 0.3) is 0 Å². The Morgan fingerprint density at radius 3 is 1.96 bits per heavy atom. The molecule has 1 aromatic carbocycles. The summed E-state index contributed by atoms with van der Waals surface area (Å²) in [7, 11) is 3.67. The van der Waals surface area contributed by atoms with E-state index in [0.717, 1.165) is 0 Å². The average molecular weight is 1110 g/mol. The van der Waals surface area contributed by atoms with Gasteiger partial charge in [0, 0.05) is 40.0 Å². The third-order valence-electron chi connectivity index (χ3n) is 13.6. The van der Waals surface area contributed by atoms with Gasteiger partial charge >= 0.3 is 12.1 Å². The Labute approximate surface area is 456 Å². The standard InChI is InChI=1S/C53H90N10O13S/c1-18-33(8)44(62(15)50(69)42(31(4)5)58-49(68)43(32(6)7)61(13)14)39(74-16)29-40(64)63-28-20-22-38(63)45(75-17)34(9)46(65)60-77(72,73)36-25-23-35(24-26-36)56-47(66)37(21-19-27-55-51(54)70)57-48(67)41(30(2)3)59-52(71)76-53(10,11)12/h23-26,31-34,37-39,41-45H,2,18-22,27-29H2,1,3-17H3,(H,56,66)(H,57,67)(H,58,68)(H,59,71)(H,60,65)(H3,54,55,70)/t33-,34+,37-,38-,39+,41-,42-,43-,44-,45+/m0/s1. The van der Waals surface area contributed by atoms with Crippen molar-refractivity contribution >= 4 is 63.3 Å². The molecule has 0 saturated carbocycles. The number of likely N-dealkylation sites (N-methyl/N-ethyl adjacent to an activating group) is 2. The lowest BCUT2D eigenvalue weighted by Gasteiger charge is -2.41. The zero-order valence-corrected chi connectivity index (χ0v) is 49.1. The van der Waals surface area contributed by atoms with Crippen LogP contribution in [0.15, 0.2) is 41.3 Å². The monoisotopic (exact) mass is 1110 g/mol. The number of carbonyl (C=O) groups excluding carboxylic acids is 8. The number of likely N-dealkylation sites (tertiary alicyclic amines) is 1. The van der Waals surface area contributed by atoms with Gasteiger partial charge in [0.05, 0.1) is 47.6 Å². The second-order valence-corrected chi connectivity index (χ2v) is 23.6. The summed E-state index contributed by atoms with van der Waals surface area (Å²) in [6.07, 6.45) is -0.822. The van der Waals surface area contributed by atoms with E-state index < -0.39 is 99.8 Å². The van der Waals surface area contributed by atoms with Crippen LogP contribution in [-0.2, 0) is 53.0 Å². The van der Waals surface area contributed by atoms with Crippen LogP contribution in [0.4, 0.5) is 15.3 Å². The summed E-state index contributed by atoms with van der Waals surface area (Å²) < 4.78 is 46.6. The van der Waals surface area contributed by atoms with E-state index in [1.807, 2.05) is 60.5 Å². The van der Waals surface area contributed by atoms with Crippen molar-refractivity contribution in [2.24, 2.45) is 29.4 Å². The summed E-state index contributed by atoms with van der Waals surface area (Å²) in [6, 6.07) is -0.874. The maximum Gasteiger partial charge on any atom is 0.408 e. The van der Waals surface area contributed by atoms with Gasteiger partial charge in [0.1, 0.15) is 23.7 Å².